The van der Waals surface area contributed by atoms with E-state index in [1.54, 1.807) is 0 Å². The zero-order valence-corrected chi connectivity index (χ0v) is 15.5. The zero-order valence-electron chi connectivity index (χ0n) is 14.6. The molecule has 7 heteroatoms. The minimum absolute atomic E-state index is 0.0664. The van der Waals surface area contributed by atoms with Gasteiger partial charge >= 0.3 is 0 Å². The highest BCUT2D eigenvalue weighted by molar-refractivity contribution is 7.99. The second kappa shape index (κ2) is 8.58. The fourth-order valence-corrected chi connectivity index (χ4v) is 3.64. The number of carboxylic acids is 2. The van der Waals surface area contributed by atoms with Crippen molar-refractivity contribution >= 4 is 46.1 Å². The molecule has 3 rings (SSSR count). The van der Waals surface area contributed by atoms with Gasteiger partial charge in [0, 0.05) is 11.4 Å². The van der Waals surface area contributed by atoms with Gasteiger partial charge in [-0.3, -0.25) is 4.79 Å². The number of benzene rings is 3. The summed E-state index contributed by atoms with van der Waals surface area (Å²) < 4.78 is 0. The van der Waals surface area contributed by atoms with Gasteiger partial charge in [0.15, 0.2) is 0 Å². The Morgan fingerprint density at radius 3 is 2.18 bits per heavy atom. The SMILES string of the molecule is O=C(CSCc1cccc2ccccc12)Nc1cc(C(=O)[O-])cc(C(=O)[O-])c1. The van der Waals surface area contributed by atoms with Gasteiger partial charge in [-0.1, -0.05) is 42.5 Å². The molecule has 1 amide bonds. The van der Waals surface area contributed by atoms with Crippen LogP contribution in [0.15, 0.2) is 60.7 Å². The molecule has 3 aromatic carbocycles. The van der Waals surface area contributed by atoms with Gasteiger partial charge in [0.2, 0.25) is 5.91 Å². The van der Waals surface area contributed by atoms with Crippen LogP contribution in [0.2, 0.25) is 0 Å². The average molecular weight is 393 g/mol. The lowest BCUT2D eigenvalue weighted by Crippen LogP contribution is -2.26. The van der Waals surface area contributed by atoms with Crippen molar-refractivity contribution in [3.63, 3.8) is 0 Å². The molecule has 0 saturated carbocycles. The number of aromatic carboxylic acids is 2. The van der Waals surface area contributed by atoms with Gasteiger partial charge in [0.05, 0.1) is 17.7 Å². The molecule has 0 aliphatic heterocycles. The fraction of sp³-hybridized carbons (Fsp3) is 0.0952. The number of rotatable bonds is 7. The Morgan fingerprint density at radius 1 is 0.857 bits per heavy atom. The molecule has 6 nitrogen and oxygen atoms in total. The van der Waals surface area contributed by atoms with E-state index in [1.807, 2.05) is 42.5 Å². The van der Waals surface area contributed by atoms with Crippen LogP contribution in [-0.4, -0.2) is 23.6 Å². The highest BCUT2D eigenvalue weighted by Gasteiger charge is 2.08. The number of carboxylic acid groups (broad SMARTS) is 2. The van der Waals surface area contributed by atoms with Crippen LogP contribution in [0, 0.1) is 0 Å². The van der Waals surface area contributed by atoms with Crippen LogP contribution in [0.25, 0.3) is 10.8 Å². The number of anilines is 1. The molecule has 0 aliphatic rings. The highest BCUT2D eigenvalue weighted by atomic mass is 32.2. The molecule has 0 saturated heterocycles. The van der Waals surface area contributed by atoms with Gasteiger partial charge in [0.1, 0.15) is 0 Å². The molecular weight excluding hydrogens is 378 g/mol. The second-order valence-electron chi connectivity index (χ2n) is 6.05. The molecule has 0 unspecified atom stereocenters. The number of hydrogen-bond donors (Lipinski definition) is 1. The largest absolute Gasteiger partial charge is 0.545 e. The van der Waals surface area contributed by atoms with Gasteiger partial charge in [-0.2, -0.15) is 0 Å². The van der Waals surface area contributed by atoms with E-state index in [4.69, 9.17) is 0 Å². The minimum atomic E-state index is -1.54. The van der Waals surface area contributed by atoms with Gasteiger partial charge in [-0.05, 0) is 45.7 Å². The van der Waals surface area contributed by atoms with Crippen LogP contribution in [0.4, 0.5) is 5.69 Å². The van der Waals surface area contributed by atoms with Crippen molar-refractivity contribution in [2.24, 2.45) is 0 Å². The topological polar surface area (TPSA) is 109 Å². The van der Waals surface area contributed by atoms with E-state index in [0.29, 0.717) is 5.75 Å². The Kier molecular flexibility index (Phi) is 5.96. The number of carbonyl (C=O) groups is 3. The van der Waals surface area contributed by atoms with E-state index < -0.39 is 11.9 Å². The Labute approximate surface area is 165 Å². The summed E-state index contributed by atoms with van der Waals surface area (Å²) in [5, 5.41) is 26.8. The van der Waals surface area contributed by atoms with Crippen molar-refractivity contribution in [3.8, 4) is 0 Å². The summed E-state index contributed by atoms with van der Waals surface area (Å²) in [6, 6.07) is 17.2. The summed E-state index contributed by atoms with van der Waals surface area (Å²) in [6.45, 7) is 0. The molecule has 0 aliphatic carbocycles. The normalized spacial score (nSPS) is 10.6. The molecule has 28 heavy (non-hydrogen) atoms. The van der Waals surface area contributed by atoms with E-state index >= 15 is 0 Å². The fourth-order valence-electron chi connectivity index (χ4n) is 2.80. The molecular formula is C21H15NO5S-2. The lowest BCUT2D eigenvalue weighted by molar-refractivity contribution is -0.255. The van der Waals surface area contributed by atoms with E-state index in [-0.39, 0.29) is 28.5 Å². The quantitative estimate of drug-likeness (QED) is 0.650. The number of hydrogen-bond acceptors (Lipinski definition) is 6. The molecule has 0 radical (unpaired) electrons. The monoisotopic (exact) mass is 393 g/mol. The Hall–Kier alpha value is -3.32. The summed E-state index contributed by atoms with van der Waals surface area (Å²) >= 11 is 1.40. The maximum absolute atomic E-state index is 12.2. The first-order valence-corrected chi connectivity index (χ1v) is 9.51. The summed E-state index contributed by atoms with van der Waals surface area (Å²) in [7, 11) is 0. The van der Waals surface area contributed by atoms with E-state index in [0.717, 1.165) is 34.5 Å². The van der Waals surface area contributed by atoms with Crippen molar-refractivity contribution in [3.05, 3.63) is 77.4 Å². The first-order valence-electron chi connectivity index (χ1n) is 8.36. The zero-order chi connectivity index (χ0) is 20.1. The van der Waals surface area contributed by atoms with Crippen LogP contribution >= 0.6 is 11.8 Å². The lowest BCUT2D eigenvalue weighted by Gasteiger charge is -2.12. The predicted octanol–water partition coefficient (Wildman–Crippen LogP) is 1.44. The Balaban J connectivity index is 1.64. The van der Waals surface area contributed by atoms with Gasteiger partial charge in [0.25, 0.3) is 0 Å². The molecule has 142 valence electrons. The van der Waals surface area contributed by atoms with Crippen molar-refractivity contribution in [1.82, 2.24) is 0 Å². The number of amides is 1. The van der Waals surface area contributed by atoms with Crippen LogP contribution in [0.5, 0.6) is 0 Å². The maximum Gasteiger partial charge on any atom is 0.234 e. The summed E-state index contributed by atoms with van der Waals surface area (Å²) in [5.74, 6) is -2.70. The third-order valence-electron chi connectivity index (χ3n) is 4.06. The minimum Gasteiger partial charge on any atom is -0.545 e. The lowest BCUT2D eigenvalue weighted by atomic mass is 10.1. The standard InChI is InChI=1S/C21H17NO5S/c23-19(22-17-9-15(20(24)25)8-16(10-17)21(26)27)12-28-11-14-6-3-5-13-4-1-2-7-18(13)14/h1-10H,11-12H2,(H,22,23)(H,24,25)(H,26,27)/p-2. The number of fused-ring (bicyclic) bond motifs is 1. The molecule has 0 atom stereocenters. The van der Waals surface area contributed by atoms with Crippen LogP contribution in [0.3, 0.4) is 0 Å². The Bertz CT molecular complexity index is 1030. The second-order valence-corrected chi connectivity index (χ2v) is 7.04. The third kappa shape index (κ3) is 4.69. The molecule has 0 spiro atoms. The van der Waals surface area contributed by atoms with Crippen molar-refractivity contribution in [2.45, 2.75) is 5.75 Å². The molecule has 0 fully saturated rings. The van der Waals surface area contributed by atoms with Crippen molar-refractivity contribution in [2.75, 3.05) is 11.1 Å². The summed E-state index contributed by atoms with van der Waals surface area (Å²) in [6.07, 6.45) is 0. The number of nitrogens with one attached hydrogen (secondary N) is 1. The van der Waals surface area contributed by atoms with Gasteiger partial charge < -0.3 is 25.1 Å². The van der Waals surface area contributed by atoms with Gasteiger partial charge in [-0.15, -0.1) is 11.8 Å². The molecule has 0 aromatic heterocycles. The molecule has 0 bridgehead atoms. The number of thioether (sulfide) groups is 1. The summed E-state index contributed by atoms with van der Waals surface area (Å²) in [5.41, 5.74) is 0.478. The van der Waals surface area contributed by atoms with Crippen molar-refractivity contribution in [1.29, 1.82) is 0 Å². The van der Waals surface area contributed by atoms with E-state index in [1.165, 1.54) is 11.8 Å². The van der Waals surface area contributed by atoms with Crippen LogP contribution in [-0.2, 0) is 10.5 Å². The first-order chi connectivity index (χ1) is 13.4. The maximum atomic E-state index is 12.2. The molecule has 1 N–H and O–H groups in total. The predicted molar refractivity (Wildman–Crippen MR) is 104 cm³/mol. The highest BCUT2D eigenvalue weighted by Crippen LogP contribution is 2.23. The molecule has 0 heterocycles. The van der Waals surface area contributed by atoms with E-state index in [9.17, 15) is 24.6 Å². The third-order valence-corrected chi connectivity index (χ3v) is 5.04. The summed E-state index contributed by atoms with van der Waals surface area (Å²) in [4.78, 5) is 34.2. The number of carbonyl (C=O) groups excluding carboxylic acids is 3. The van der Waals surface area contributed by atoms with Crippen LogP contribution in [0.1, 0.15) is 26.3 Å². The average Bonchev–Trinajstić information content (AvgIpc) is 2.67. The Morgan fingerprint density at radius 2 is 1.50 bits per heavy atom. The van der Waals surface area contributed by atoms with Crippen LogP contribution < -0.4 is 15.5 Å². The van der Waals surface area contributed by atoms with Crippen molar-refractivity contribution < 1.29 is 24.6 Å². The van der Waals surface area contributed by atoms with E-state index in [2.05, 4.69) is 5.32 Å². The first kappa shape index (κ1) is 19.4. The molecule has 3 aromatic rings. The smallest absolute Gasteiger partial charge is 0.234 e. The van der Waals surface area contributed by atoms with Gasteiger partial charge in [-0.25, -0.2) is 0 Å².